The van der Waals surface area contributed by atoms with Crippen molar-refractivity contribution in [2.75, 3.05) is 12.4 Å². The standard InChI is InChI=1S/C23H22BrNO4/c1-15-19(23(26)27)9-6-10-20(15)25-13-17-11-18(24)12-21(28-2)22(17)29-14-16-7-4-3-5-8-16/h3-12,25H,13-14H2,1-2H3,(H,26,27). The lowest BCUT2D eigenvalue weighted by atomic mass is 10.1. The number of nitrogens with one attached hydrogen (secondary N) is 1. The molecule has 150 valence electrons. The number of carboxylic acid groups (broad SMARTS) is 1. The van der Waals surface area contributed by atoms with Gasteiger partial charge in [-0.2, -0.15) is 0 Å². The van der Waals surface area contributed by atoms with Crippen molar-refractivity contribution in [1.82, 2.24) is 0 Å². The van der Waals surface area contributed by atoms with Crippen LogP contribution in [0.4, 0.5) is 5.69 Å². The molecule has 0 amide bonds. The molecule has 0 fully saturated rings. The zero-order chi connectivity index (χ0) is 20.8. The molecule has 0 aliphatic heterocycles. The Bertz CT molecular complexity index is 1010. The zero-order valence-corrected chi connectivity index (χ0v) is 17.8. The Morgan fingerprint density at radius 1 is 1.10 bits per heavy atom. The van der Waals surface area contributed by atoms with Gasteiger partial charge in [0.2, 0.25) is 0 Å². The van der Waals surface area contributed by atoms with Crippen molar-refractivity contribution >= 4 is 27.6 Å². The van der Waals surface area contributed by atoms with Gasteiger partial charge in [-0.15, -0.1) is 0 Å². The van der Waals surface area contributed by atoms with Gasteiger partial charge in [0.1, 0.15) is 6.61 Å². The van der Waals surface area contributed by atoms with E-state index in [1.807, 2.05) is 48.5 Å². The molecule has 0 aliphatic carbocycles. The number of carboxylic acids is 1. The van der Waals surface area contributed by atoms with E-state index < -0.39 is 5.97 Å². The highest BCUT2D eigenvalue weighted by Crippen LogP contribution is 2.36. The summed E-state index contributed by atoms with van der Waals surface area (Å²) >= 11 is 3.51. The summed E-state index contributed by atoms with van der Waals surface area (Å²) in [4.78, 5) is 11.4. The molecule has 0 aromatic heterocycles. The summed E-state index contributed by atoms with van der Waals surface area (Å²) < 4.78 is 12.5. The van der Waals surface area contributed by atoms with Crippen LogP contribution in [0.2, 0.25) is 0 Å². The van der Waals surface area contributed by atoms with E-state index in [0.29, 0.717) is 30.2 Å². The molecule has 3 aromatic carbocycles. The first kappa shape index (κ1) is 20.7. The lowest BCUT2D eigenvalue weighted by Crippen LogP contribution is -2.08. The second kappa shape index (κ2) is 9.47. The first-order chi connectivity index (χ1) is 14.0. The van der Waals surface area contributed by atoms with E-state index in [4.69, 9.17) is 9.47 Å². The van der Waals surface area contributed by atoms with Gasteiger partial charge in [0.05, 0.1) is 12.7 Å². The minimum atomic E-state index is -0.942. The maximum Gasteiger partial charge on any atom is 0.336 e. The summed E-state index contributed by atoms with van der Waals surface area (Å²) in [5, 5.41) is 12.7. The van der Waals surface area contributed by atoms with Crippen LogP contribution in [-0.4, -0.2) is 18.2 Å². The van der Waals surface area contributed by atoms with Crippen LogP contribution in [0.1, 0.15) is 27.0 Å². The fourth-order valence-corrected chi connectivity index (χ4v) is 3.53. The van der Waals surface area contributed by atoms with Gasteiger partial charge in [-0.25, -0.2) is 4.79 Å². The quantitative estimate of drug-likeness (QED) is 0.458. The predicted octanol–water partition coefficient (Wildman–Crippen LogP) is 5.66. The largest absolute Gasteiger partial charge is 0.493 e. The van der Waals surface area contributed by atoms with Gasteiger partial charge in [0, 0.05) is 22.3 Å². The fraction of sp³-hybridized carbons (Fsp3) is 0.174. The average Bonchev–Trinajstić information content (AvgIpc) is 2.72. The molecule has 29 heavy (non-hydrogen) atoms. The molecule has 0 atom stereocenters. The number of hydrogen-bond acceptors (Lipinski definition) is 4. The summed E-state index contributed by atoms with van der Waals surface area (Å²) in [7, 11) is 1.61. The fourth-order valence-electron chi connectivity index (χ4n) is 3.05. The third-order valence-corrected chi connectivity index (χ3v) is 5.03. The lowest BCUT2D eigenvalue weighted by molar-refractivity contribution is 0.0696. The Labute approximate surface area is 178 Å². The molecule has 0 heterocycles. The molecule has 0 unspecified atom stereocenters. The van der Waals surface area contributed by atoms with Gasteiger partial charge in [-0.3, -0.25) is 0 Å². The Morgan fingerprint density at radius 3 is 2.55 bits per heavy atom. The summed E-state index contributed by atoms with van der Waals surface area (Å²) in [6, 6.07) is 18.9. The number of carbonyl (C=O) groups is 1. The number of anilines is 1. The Balaban J connectivity index is 1.85. The molecule has 0 spiro atoms. The third kappa shape index (κ3) is 5.09. The van der Waals surface area contributed by atoms with Crippen LogP contribution < -0.4 is 14.8 Å². The lowest BCUT2D eigenvalue weighted by Gasteiger charge is -2.18. The molecule has 2 N–H and O–H groups in total. The van der Waals surface area contributed by atoms with E-state index in [1.165, 1.54) is 0 Å². The second-order valence-corrected chi connectivity index (χ2v) is 7.42. The molecule has 0 saturated carbocycles. The summed E-state index contributed by atoms with van der Waals surface area (Å²) in [6.45, 7) is 2.66. The molecule has 0 saturated heterocycles. The Hall–Kier alpha value is -2.99. The zero-order valence-electron chi connectivity index (χ0n) is 16.2. The highest BCUT2D eigenvalue weighted by Gasteiger charge is 2.15. The molecule has 6 heteroatoms. The molecular formula is C23H22BrNO4. The monoisotopic (exact) mass is 455 g/mol. The smallest absolute Gasteiger partial charge is 0.336 e. The van der Waals surface area contributed by atoms with Gasteiger partial charge in [-0.05, 0) is 42.3 Å². The predicted molar refractivity (Wildman–Crippen MR) is 117 cm³/mol. The van der Waals surface area contributed by atoms with Crippen LogP contribution in [0, 0.1) is 6.92 Å². The third-order valence-electron chi connectivity index (χ3n) is 4.58. The maximum absolute atomic E-state index is 11.4. The Morgan fingerprint density at radius 2 is 1.86 bits per heavy atom. The van der Waals surface area contributed by atoms with Crippen molar-refractivity contribution in [2.24, 2.45) is 0 Å². The van der Waals surface area contributed by atoms with Crippen LogP contribution in [0.5, 0.6) is 11.5 Å². The van der Waals surface area contributed by atoms with Crippen LogP contribution in [-0.2, 0) is 13.2 Å². The van der Waals surface area contributed by atoms with Crippen LogP contribution in [0.25, 0.3) is 0 Å². The molecule has 3 rings (SSSR count). The van der Waals surface area contributed by atoms with E-state index in [0.717, 1.165) is 21.3 Å². The molecule has 0 bridgehead atoms. The number of methoxy groups -OCH3 is 1. The van der Waals surface area contributed by atoms with Crippen molar-refractivity contribution in [3.05, 3.63) is 87.4 Å². The SMILES string of the molecule is COc1cc(Br)cc(CNc2cccc(C(=O)O)c2C)c1OCc1ccccc1. The normalized spacial score (nSPS) is 10.4. The van der Waals surface area contributed by atoms with Crippen molar-refractivity contribution in [1.29, 1.82) is 0 Å². The number of rotatable bonds is 8. The number of halogens is 1. The molecular weight excluding hydrogens is 434 g/mol. The molecule has 5 nitrogen and oxygen atoms in total. The highest BCUT2D eigenvalue weighted by atomic mass is 79.9. The summed E-state index contributed by atoms with van der Waals surface area (Å²) in [5.41, 5.74) is 3.68. The van der Waals surface area contributed by atoms with E-state index in [9.17, 15) is 9.90 Å². The first-order valence-electron chi connectivity index (χ1n) is 9.09. The summed E-state index contributed by atoms with van der Waals surface area (Å²) in [6.07, 6.45) is 0. The van der Waals surface area contributed by atoms with Crippen LogP contribution in [0.15, 0.2) is 65.1 Å². The number of hydrogen-bond donors (Lipinski definition) is 2. The maximum atomic E-state index is 11.4. The minimum absolute atomic E-state index is 0.280. The van der Waals surface area contributed by atoms with E-state index in [1.54, 1.807) is 26.2 Å². The number of aromatic carboxylic acids is 1. The second-order valence-electron chi connectivity index (χ2n) is 6.51. The first-order valence-corrected chi connectivity index (χ1v) is 9.88. The van der Waals surface area contributed by atoms with Crippen molar-refractivity contribution < 1.29 is 19.4 Å². The van der Waals surface area contributed by atoms with Gasteiger partial charge >= 0.3 is 5.97 Å². The molecule has 0 aliphatic rings. The van der Waals surface area contributed by atoms with Gasteiger partial charge in [-0.1, -0.05) is 52.3 Å². The topological polar surface area (TPSA) is 67.8 Å². The number of benzene rings is 3. The summed E-state index contributed by atoms with van der Waals surface area (Å²) in [5.74, 6) is 0.337. The van der Waals surface area contributed by atoms with Crippen molar-refractivity contribution in [3.8, 4) is 11.5 Å². The van der Waals surface area contributed by atoms with E-state index in [2.05, 4.69) is 21.2 Å². The van der Waals surface area contributed by atoms with E-state index in [-0.39, 0.29) is 5.56 Å². The highest BCUT2D eigenvalue weighted by molar-refractivity contribution is 9.10. The van der Waals surface area contributed by atoms with E-state index >= 15 is 0 Å². The van der Waals surface area contributed by atoms with Crippen LogP contribution >= 0.6 is 15.9 Å². The van der Waals surface area contributed by atoms with Crippen molar-refractivity contribution in [3.63, 3.8) is 0 Å². The Kier molecular flexibility index (Phi) is 6.77. The van der Waals surface area contributed by atoms with Gasteiger partial charge < -0.3 is 19.9 Å². The average molecular weight is 456 g/mol. The number of ether oxygens (including phenoxy) is 2. The molecule has 3 aromatic rings. The molecule has 0 radical (unpaired) electrons. The van der Waals surface area contributed by atoms with Crippen LogP contribution in [0.3, 0.4) is 0 Å². The van der Waals surface area contributed by atoms with Crippen molar-refractivity contribution in [2.45, 2.75) is 20.1 Å². The minimum Gasteiger partial charge on any atom is -0.493 e. The van der Waals surface area contributed by atoms with Gasteiger partial charge in [0.25, 0.3) is 0 Å². The van der Waals surface area contributed by atoms with Gasteiger partial charge in [0.15, 0.2) is 11.5 Å².